The van der Waals surface area contributed by atoms with E-state index in [1.54, 1.807) is 0 Å². The van der Waals surface area contributed by atoms with E-state index >= 15 is 0 Å². The number of aliphatic hydroxyl groups excluding tert-OH is 2. The molecule has 1 rings (SSSR count). The van der Waals surface area contributed by atoms with Gasteiger partial charge in [-0.25, -0.2) is 0 Å². The largest absolute Gasteiger partial charge is 0.396 e. The van der Waals surface area contributed by atoms with Crippen LogP contribution in [-0.4, -0.2) is 30.0 Å². The Morgan fingerprint density at radius 1 is 1.36 bits per heavy atom. The number of hydrogen-bond donors (Lipinski definition) is 2. The third kappa shape index (κ3) is 3.52. The Bertz CT molecular complexity index is 160. The average molecular weight is 332 g/mol. The molecule has 0 aromatic rings. The lowest BCUT2D eigenvalue weighted by Gasteiger charge is -2.37. The van der Waals surface area contributed by atoms with Crippen LogP contribution in [0.25, 0.3) is 0 Å². The summed E-state index contributed by atoms with van der Waals surface area (Å²) in [6.45, 7) is 1.10. The van der Waals surface area contributed by atoms with E-state index in [0.29, 0.717) is 12.5 Å². The standard InChI is InChI=1S/C9H17IO3S/c10-14-13-7-9(6-12)3-1-8(5-11)2-4-9/h8,11-12H,1-7H2. The SMILES string of the molecule is OCC1CCC(CO)(COSI)CC1. The molecule has 0 amide bonds. The monoisotopic (exact) mass is 332 g/mol. The van der Waals surface area contributed by atoms with Gasteiger partial charge in [-0.2, -0.15) is 0 Å². The van der Waals surface area contributed by atoms with Crippen molar-refractivity contribution in [3.05, 3.63) is 0 Å². The molecule has 0 saturated heterocycles. The first-order valence-corrected chi connectivity index (χ1v) is 8.17. The summed E-state index contributed by atoms with van der Waals surface area (Å²) < 4.78 is 5.32. The predicted octanol–water partition coefficient (Wildman–Crippen LogP) is 2.16. The first-order valence-electron chi connectivity index (χ1n) is 4.88. The molecule has 0 atom stereocenters. The summed E-state index contributed by atoms with van der Waals surface area (Å²) in [7, 11) is 1.33. The minimum atomic E-state index is -0.0517. The Labute approximate surface area is 101 Å². The zero-order chi connectivity index (χ0) is 10.4. The van der Waals surface area contributed by atoms with Gasteiger partial charge in [0, 0.05) is 33.2 Å². The quantitative estimate of drug-likeness (QED) is 0.598. The molecular formula is C9H17IO3S. The van der Waals surface area contributed by atoms with Crippen LogP contribution in [0.1, 0.15) is 25.7 Å². The molecule has 0 aliphatic heterocycles. The lowest BCUT2D eigenvalue weighted by molar-refractivity contribution is 0.0178. The molecule has 0 bridgehead atoms. The first kappa shape index (κ1) is 13.0. The molecule has 0 aromatic carbocycles. The van der Waals surface area contributed by atoms with Crippen molar-refractivity contribution >= 4 is 30.4 Å². The summed E-state index contributed by atoms with van der Waals surface area (Å²) in [6.07, 6.45) is 3.94. The van der Waals surface area contributed by atoms with Gasteiger partial charge in [0.15, 0.2) is 0 Å². The van der Waals surface area contributed by atoms with Gasteiger partial charge < -0.3 is 14.4 Å². The van der Waals surface area contributed by atoms with Crippen LogP contribution >= 0.6 is 30.4 Å². The Balaban J connectivity index is 2.39. The van der Waals surface area contributed by atoms with Crippen molar-refractivity contribution in [2.24, 2.45) is 11.3 Å². The molecule has 2 N–H and O–H groups in total. The van der Waals surface area contributed by atoms with Gasteiger partial charge in [-0.15, -0.1) is 0 Å². The van der Waals surface area contributed by atoms with Crippen LogP contribution in [0.2, 0.25) is 0 Å². The van der Waals surface area contributed by atoms with E-state index in [2.05, 4.69) is 21.2 Å². The summed E-state index contributed by atoms with van der Waals surface area (Å²) in [5, 5.41) is 18.4. The van der Waals surface area contributed by atoms with Crippen molar-refractivity contribution in [3.8, 4) is 0 Å². The zero-order valence-electron chi connectivity index (χ0n) is 8.12. The molecule has 0 heterocycles. The van der Waals surface area contributed by atoms with Gasteiger partial charge in [-0.3, -0.25) is 0 Å². The second-order valence-electron chi connectivity index (χ2n) is 4.11. The topological polar surface area (TPSA) is 49.7 Å². The lowest BCUT2D eigenvalue weighted by atomic mass is 9.71. The maximum absolute atomic E-state index is 9.37. The summed E-state index contributed by atoms with van der Waals surface area (Å²) in [4.78, 5) is 0. The fourth-order valence-electron chi connectivity index (χ4n) is 1.97. The number of rotatable bonds is 5. The summed E-state index contributed by atoms with van der Waals surface area (Å²) in [5.41, 5.74) is -0.0517. The van der Waals surface area contributed by atoms with Gasteiger partial charge >= 0.3 is 0 Å². The van der Waals surface area contributed by atoms with E-state index in [-0.39, 0.29) is 18.6 Å². The predicted molar refractivity (Wildman–Crippen MR) is 66.1 cm³/mol. The van der Waals surface area contributed by atoms with Gasteiger partial charge in [-0.1, -0.05) is 0 Å². The molecule has 0 radical (unpaired) electrons. The highest BCUT2D eigenvalue weighted by atomic mass is 127. The lowest BCUT2D eigenvalue weighted by Crippen LogP contribution is -2.35. The minimum absolute atomic E-state index is 0.0517. The second kappa shape index (κ2) is 6.52. The molecule has 1 aliphatic rings. The van der Waals surface area contributed by atoms with Crippen molar-refractivity contribution in [1.29, 1.82) is 0 Å². The first-order chi connectivity index (χ1) is 6.76. The molecule has 1 fully saturated rings. The van der Waals surface area contributed by atoms with Crippen molar-refractivity contribution in [1.82, 2.24) is 0 Å². The van der Waals surface area contributed by atoms with Crippen molar-refractivity contribution < 1.29 is 14.4 Å². The minimum Gasteiger partial charge on any atom is -0.396 e. The summed E-state index contributed by atoms with van der Waals surface area (Å²) in [5.74, 6) is 0.432. The molecule has 84 valence electrons. The smallest absolute Gasteiger partial charge is 0.0701 e. The van der Waals surface area contributed by atoms with Crippen LogP contribution in [0.4, 0.5) is 0 Å². The Morgan fingerprint density at radius 3 is 2.43 bits per heavy atom. The maximum Gasteiger partial charge on any atom is 0.0701 e. The van der Waals surface area contributed by atoms with E-state index in [4.69, 9.17) is 9.29 Å². The number of aliphatic hydroxyl groups is 2. The molecule has 3 nitrogen and oxygen atoms in total. The Kier molecular flexibility index (Phi) is 6.07. The Hall–Kier alpha value is 0.960. The molecule has 0 unspecified atom stereocenters. The molecular weight excluding hydrogens is 315 g/mol. The van der Waals surface area contributed by atoms with Crippen molar-refractivity contribution in [2.75, 3.05) is 19.8 Å². The van der Waals surface area contributed by atoms with E-state index in [9.17, 15) is 5.11 Å². The van der Waals surface area contributed by atoms with Crippen LogP contribution in [0, 0.1) is 11.3 Å². The van der Waals surface area contributed by atoms with Crippen LogP contribution in [0.3, 0.4) is 0 Å². The van der Waals surface area contributed by atoms with Crippen LogP contribution in [-0.2, 0) is 4.18 Å². The third-order valence-corrected chi connectivity index (χ3v) is 4.14. The second-order valence-corrected chi connectivity index (χ2v) is 5.55. The van der Waals surface area contributed by atoms with Crippen LogP contribution < -0.4 is 0 Å². The number of halogens is 1. The van der Waals surface area contributed by atoms with Gasteiger partial charge in [0.25, 0.3) is 0 Å². The van der Waals surface area contributed by atoms with Gasteiger partial charge in [0.05, 0.1) is 22.4 Å². The van der Waals surface area contributed by atoms with Gasteiger partial charge in [0.1, 0.15) is 0 Å². The van der Waals surface area contributed by atoms with E-state index < -0.39 is 0 Å². The molecule has 0 aromatic heterocycles. The molecule has 14 heavy (non-hydrogen) atoms. The van der Waals surface area contributed by atoms with Crippen molar-refractivity contribution in [3.63, 3.8) is 0 Å². The van der Waals surface area contributed by atoms with Crippen LogP contribution in [0.5, 0.6) is 0 Å². The molecule has 0 spiro atoms. The third-order valence-electron chi connectivity index (χ3n) is 3.17. The fraction of sp³-hybridized carbons (Fsp3) is 1.00. The molecule has 1 aliphatic carbocycles. The normalized spacial score (nSPS) is 33.2. The van der Waals surface area contributed by atoms with E-state index in [1.165, 1.54) is 9.21 Å². The fourth-order valence-corrected chi connectivity index (χ4v) is 2.64. The van der Waals surface area contributed by atoms with Crippen molar-refractivity contribution in [2.45, 2.75) is 25.7 Å². The zero-order valence-corrected chi connectivity index (χ0v) is 11.1. The molecule has 5 heteroatoms. The number of hydrogen-bond acceptors (Lipinski definition) is 4. The highest BCUT2D eigenvalue weighted by Gasteiger charge is 2.35. The maximum atomic E-state index is 9.37. The average Bonchev–Trinajstić information content (AvgIpc) is 2.27. The highest BCUT2D eigenvalue weighted by Crippen LogP contribution is 2.39. The summed E-state index contributed by atoms with van der Waals surface area (Å²) in [6, 6.07) is 0. The summed E-state index contributed by atoms with van der Waals surface area (Å²) >= 11 is 2.09. The van der Waals surface area contributed by atoms with Crippen LogP contribution in [0.15, 0.2) is 0 Å². The van der Waals surface area contributed by atoms with Gasteiger partial charge in [-0.05, 0) is 31.6 Å². The van der Waals surface area contributed by atoms with Gasteiger partial charge in [0.2, 0.25) is 0 Å². The van der Waals surface area contributed by atoms with E-state index in [1.807, 2.05) is 0 Å². The highest BCUT2D eigenvalue weighted by molar-refractivity contribution is 14.2. The Morgan fingerprint density at radius 2 is 2.00 bits per heavy atom. The van der Waals surface area contributed by atoms with E-state index in [0.717, 1.165) is 25.7 Å². The molecule has 1 saturated carbocycles.